The Morgan fingerprint density at radius 1 is 0.278 bits per heavy atom. The molecule has 630 valence electrons. The van der Waals surface area contributed by atoms with E-state index < -0.39 is 0 Å². The van der Waals surface area contributed by atoms with E-state index in [1.165, 1.54) is 124 Å². The van der Waals surface area contributed by atoms with Crippen LogP contribution in [0.2, 0.25) is 0 Å². The van der Waals surface area contributed by atoms with Crippen LogP contribution in [0.4, 0.5) is 44.8 Å². The first-order valence-electron chi connectivity index (χ1n) is 28.9. The van der Waals surface area contributed by atoms with Crippen LogP contribution >= 0.6 is 99.7 Å². The maximum atomic E-state index is 4.78. The number of anilines is 8. The lowest BCUT2D eigenvalue weighted by Crippen LogP contribution is -2.32. The molecule has 1 N–H and O–H groups in total. The van der Waals surface area contributed by atoms with Crippen molar-refractivity contribution in [3.63, 3.8) is 0 Å². The molecule has 3 aliphatic heterocycles. The quantitative estimate of drug-likeness (QED) is 0.169. The predicted octanol–water partition coefficient (Wildman–Crippen LogP) is 18.4. The molecule has 0 radical (unpaired) electrons. The van der Waals surface area contributed by atoms with E-state index >= 15 is 0 Å². The van der Waals surface area contributed by atoms with Crippen LogP contribution in [0.25, 0.3) is 0 Å². The molecular weight excluding hydrogens is 2860 g/mol. The standard InChI is InChI=1S/C34H29BrN2S.C15H15N.C4HBrI2S.S26.S25.S2/c1-33(2)22-13-5-9-17-26(22)36(27-18-10-6-14-23(27)33)30-21-31(35)38-32(30)37-28-19-11-7-15-24(28)34(3,4)25-16-8-12-20-29(25)37;1-15(2)11-7-3-5-9-13(11)16-14-10-6-4-8-12(14)15;5-3-1-2(6)4(7)8-3;1-3-5-7-9-11-13-15-17-19-21-23-25-26-24-22-20-18-16-14-12-10-8-6-4-2;1-3-5-7-9-11-13-15-17-19-21-23-25-24-22-20-18-16-14-12-10-8-6-4-2;1-2/h5-21H,1-4H3;3-10,16H,1-2H3;1H;;;. The minimum atomic E-state index is -0.0918. The van der Waals surface area contributed by atoms with Crippen molar-refractivity contribution < 1.29 is 0 Å². The van der Waals surface area contributed by atoms with Crippen molar-refractivity contribution in [3.8, 4) is 0 Å². The van der Waals surface area contributed by atoms with Crippen LogP contribution in [0, 0.1) is 6.45 Å². The third kappa shape index (κ3) is 41.1. The molecule has 3 nitrogen and oxygen atoms in total. The Morgan fingerprint density at radius 3 is 0.713 bits per heavy atom. The number of hydrogen-bond donors (Lipinski definition) is 1. The lowest BCUT2D eigenvalue weighted by molar-refractivity contribution is 0.630. The number of halogens is 4. The average Bonchev–Trinajstić information content (AvgIpc) is 1.70. The zero-order valence-electron chi connectivity index (χ0n) is 56.9. The number of nitrogens with zero attached hydrogens (tertiary/aromatic N) is 2. The molecule has 0 fully saturated rings. The van der Waals surface area contributed by atoms with E-state index in [1.807, 2.05) is 133 Å². The second kappa shape index (κ2) is 68.2. The second-order valence-electron chi connectivity index (χ2n) is 20.4. The topological polar surface area (TPSA) is 18.5 Å². The maximum absolute atomic E-state index is 4.78. The molecule has 0 atom stereocenters. The van der Waals surface area contributed by atoms with Gasteiger partial charge in [0.05, 0.1) is 38.9 Å². The summed E-state index contributed by atoms with van der Waals surface area (Å²) in [5.74, 6) is 0. The lowest BCUT2D eigenvalue weighted by Gasteiger charge is -2.44. The smallest absolute Gasteiger partial charge is 0.126 e. The van der Waals surface area contributed by atoms with Crippen LogP contribution in [0.5, 0.6) is 0 Å². The summed E-state index contributed by atoms with van der Waals surface area (Å²) in [5.41, 5.74) is 16.6. The van der Waals surface area contributed by atoms with E-state index in [-0.39, 0.29) is 16.2 Å². The zero-order chi connectivity index (χ0) is 82.8. The molecule has 62 heteroatoms. The number of fused-ring (bicyclic) bond motifs is 6. The monoisotopic (exact) mass is 2890 g/mol. The van der Waals surface area contributed by atoms with E-state index in [0.29, 0.717) is 0 Å². The highest BCUT2D eigenvalue weighted by molar-refractivity contribution is 14.1. The molecule has 0 aliphatic carbocycles. The van der Waals surface area contributed by atoms with Gasteiger partial charge in [-0.3, -0.25) is 4.90 Å². The van der Waals surface area contributed by atoms with E-state index in [2.05, 4.69) is 314 Å². The fourth-order valence-corrected chi connectivity index (χ4v) is 134. The Labute approximate surface area is 886 Å². The highest BCUT2D eigenvalue weighted by atomic mass is 127. The van der Waals surface area contributed by atoms with Gasteiger partial charge in [0.25, 0.3) is 0 Å². The van der Waals surface area contributed by atoms with Crippen LogP contribution in [0.3, 0.4) is 0 Å². The summed E-state index contributed by atoms with van der Waals surface area (Å²) in [7, 11) is 81.7. The van der Waals surface area contributed by atoms with Crippen LogP contribution in [0.15, 0.2) is 165 Å². The number of para-hydroxylation sites is 6. The molecule has 0 saturated heterocycles. The Balaban J connectivity index is 0.000000237. The van der Waals surface area contributed by atoms with Crippen LogP contribution in [0.1, 0.15) is 74.9 Å². The van der Waals surface area contributed by atoms with Crippen molar-refractivity contribution in [1.82, 2.24) is 0 Å². The Kier molecular flexibility index (Phi) is 66.4. The molecule has 0 amide bonds. The van der Waals surface area contributed by atoms with Crippen molar-refractivity contribution in [2.45, 2.75) is 57.8 Å². The zero-order valence-corrected chi connectivity index (χ0v) is 109. The maximum Gasteiger partial charge on any atom is 0.126 e. The van der Waals surface area contributed by atoms with Gasteiger partial charge in [-0.1, -0.05) is 151 Å². The van der Waals surface area contributed by atoms with E-state index in [0.717, 1.165) is 3.79 Å². The lowest BCUT2D eigenvalue weighted by atomic mass is 9.73. The first-order chi connectivity index (χ1) is 56.0. The summed E-state index contributed by atoms with van der Waals surface area (Å²) in [6, 6.07) is 57.0. The minimum absolute atomic E-state index is 0.0818. The molecule has 115 heavy (non-hydrogen) atoms. The number of hydrogen-bond acceptors (Lipinski definition) is 11. The molecule has 6 aromatic carbocycles. The molecule has 11 rings (SSSR count). The number of benzene rings is 6. The van der Waals surface area contributed by atoms with E-state index in [1.54, 1.807) is 271 Å². The van der Waals surface area contributed by atoms with Gasteiger partial charge in [0.2, 0.25) is 0 Å². The Morgan fingerprint density at radius 2 is 0.487 bits per heavy atom. The third-order valence-electron chi connectivity index (χ3n) is 13.7. The normalized spacial score (nSPS) is 11.7. The summed E-state index contributed by atoms with van der Waals surface area (Å²) in [6.45, 7) is 13.9. The Hall–Kier alpha value is 8.20. The number of nitrogens with one attached hydrogen (secondary N) is 1. The molecular formula is C53H45Br2I2N3S55. The van der Waals surface area contributed by atoms with Crippen molar-refractivity contribution in [1.29, 1.82) is 0 Å². The summed E-state index contributed by atoms with van der Waals surface area (Å²) >= 11 is 41.9. The van der Waals surface area contributed by atoms with Gasteiger partial charge in [-0.05, 0) is 159 Å². The minimum Gasteiger partial charge on any atom is -0.355 e. The summed E-state index contributed by atoms with van der Waals surface area (Å²) in [4.78, 5) is 4.95. The number of thiophene rings is 2. The van der Waals surface area contributed by atoms with Crippen molar-refractivity contribution in [3.05, 3.63) is 205 Å². The summed E-state index contributed by atoms with van der Waals surface area (Å²) in [5, 5.41) is 4.70. The van der Waals surface area contributed by atoms with Gasteiger partial charge in [-0.2, -0.15) is 0 Å². The van der Waals surface area contributed by atoms with Crippen LogP contribution in [-0.2, 0) is 501 Å². The van der Waals surface area contributed by atoms with Gasteiger partial charge in [-0.15, -0.1) is 22.7 Å². The van der Waals surface area contributed by atoms with E-state index in [9.17, 15) is 0 Å². The van der Waals surface area contributed by atoms with Crippen molar-refractivity contribution in [2.24, 2.45) is 0 Å². The van der Waals surface area contributed by atoms with Gasteiger partial charge in [-0.25, -0.2) is 0 Å². The van der Waals surface area contributed by atoms with Gasteiger partial charge >= 0.3 is 0 Å². The fourth-order valence-electron chi connectivity index (χ4n) is 9.85. The van der Waals surface area contributed by atoms with Crippen LogP contribution in [-0.4, -0.2) is 0 Å². The molecule has 5 heterocycles. The molecule has 2 aromatic heterocycles. The molecule has 0 bridgehead atoms. The van der Waals surface area contributed by atoms with E-state index in [4.69, 9.17) is 44.8 Å². The van der Waals surface area contributed by atoms with Crippen molar-refractivity contribution >= 4 is 629 Å². The fraction of sp³-hybridized carbons (Fsp3) is 0.170. The molecule has 8 aromatic rings. The average molecular weight is 2900 g/mol. The second-order valence-corrected chi connectivity index (χ2v) is 111. The molecule has 3 aliphatic rings. The highest BCUT2D eigenvalue weighted by Gasteiger charge is 2.41. The SMILES string of the molecule is Brc1cc(I)c(I)s1.CC1(C)c2ccccc2N(c2cc(Br)sc2N2c3ccccc3C(C)(C)c3ccccc32)c2ccccc21.CC1(C)c2ccccc2Nc2ccccc21.S=S.S=S=S=S=S=S=S=S=S=S=S=S=S=S=S=S=S=S=S=S=S=S=S=S=S.S=S=S=S=S=S=S=S=S=S=S=S=S=S=S=S=S=S=S=S=S=S=S=S=S=S. The van der Waals surface area contributed by atoms with Gasteiger partial charge in [0.1, 0.15) is 5.00 Å². The first kappa shape index (κ1) is 112. The molecule has 0 spiro atoms. The largest absolute Gasteiger partial charge is 0.355 e. The first-order valence-corrected chi connectivity index (χ1v) is 101. The predicted molar refractivity (Wildman–Crippen MR) is 682 cm³/mol. The highest BCUT2D eigenvalue weighted by Crippen LogP contribution is 2.60. The van der Waals surface area contributed by atoms with Crippen LogP contribution < -0.4 is 15.1 Å². The van der Waals surface area contributed by atoms with Crippen molar-refractivity contribution in [2.75, 3.05) is 15.1 Å². The van der Waals surface area contributed by atoms with Gasteiger partial charge < -0.3 is 10.2 Å². The summed E-state index contributed by atoms with van der Waals surface area (Å²) < 4.78 is 5.02. The molecule has 0 unspecified atom stereocenters. The Bertz CT molecular complexity index is 6800. The van der Waals surface area contributed by atoms with Gasteiger partial charge in [0, 0.05) is 516 Å². The summed E-state index contributed by atoms with van der Waals surface area (Å²) in [6.07, 6.45) is 0. The molecule has 0 saturated carbocycles. The number of rotatable bonds is 2. The third-order valence-corrected chi connectivity index (χ3v) is 120. The van der Waals surface area contributed by atoms with Gasteiger partial charge in [0.15, 0.2) is 0 Å².